The first kappa shape index (κ1) is 23.2. The van der Waals surface area contributed by atoms with E-state index >= 15 is 0 Å². The van der Waals surface area contributed by atoms with Crippen LogP contribution in [0, 0.1) is 0 Å². The average molecular weight is 341 g/mol. The molecule has 0 saturated heterocycles. The Hall–Kier alpha value is -0.830. The first-order chi connectivity index (χ1) is 11.4. The van der Waals surface area contributed by atoms with E-state index in [-0.39, 0.29) is 12.2 Å². The van der Waals surface area contributed by atoms with Crippen molar-refractivity contribution in [3.8, 4) is 0 Å². The summed E-state index contributed by atoms with van der Waals surface area (Å²) in [5.41, 5.74) is 0. The summed E-state index contributed by atoms with van der Waals surface area (Å²) in [5, 5.41) is 0. The van der Waals surface area contributed by atoms with Crippen molar-refractivity contribution in [1.29, 1.82) is 0 Å². The molecule has 0 radical (unpaired) electrons. The Bertz CT molecular complexity index is 326. The first-order valence-corrected chi connectivity index (χ1v) is 10.1. The number of unbranched alkanes of at least 4 members (excludes halogenated alkanes) is 11. The summed E-state index contributed by atoms with van der Waals surface area (Å²) in [6.45, 7) is 8.73. The second kappa shape index (κ2) is 14.5. The normalized spacial score (nSPS) is 12.8. The highest BCUT2D eigenvalue weighted by molar-refractivity contribution is 5.81. The van der Waals surface area contributed by atoms with Crippen molar-refractivity contribution in [2.45, 2.75) is 97.1 Å². The van der Waals surface area contributed by atoms with Gasteiger partial charge in [0.1, 0.15) is 0 Å². The molecule has 3 heteroatoms. The Morgan fingerprint density at radius 2 is 1.33 bits per heavy atom. The molecule has 24 heavy (non-hydrogen) atoms. The molecule has 142 valence electrons. The average Bonchev–Trinajstić information content (AvgIpc) is 2.55. The molecular weight excluding hydrogens is 298 g/mol. The predicted octanol–water partition coefficient (Wildman–Crippen LogP) is 5.84. The maximum Gasteiger partial charge on any atom is 0.334 e. The van der Waals surface area contributed by atoms with Crippen LogP contribution >= 0.6 is 0 Å². The SMILES string of the molecule is C=CC(=O)OC(C)[N+](C)(C)CCCCCCCCCCCCCC. The van der Waals surface area contributed by atoms with Crippen LogP contribution in [-0.4, -0.2) is 37.3 Å². The Morgan fingerprint density at radius 1 is 0.917 bits per heavy atom. The van der Waals surface area contributed by atoms with Gasteiger partial charge in [0.05, 0.1) is 20.6 Å². The molecule has 0 spiro atoms. The van der Waals surface area contributed by atoms with E-state index in [4.69, 9.17) is 4.74 Å². The fourth-order valence-corrected chi connectivity index (χ4v) is 2.90. The van der Waals surface area contributed by atoms with Crippen molar-refractivity contribution in [1.82, 2.24) is 0 Å². The molecule has 1 unspecified atom stereocenters. The second-order valence-corrected chi connectivity index (χ2v) is 7.63. The number of quaternary nitrogens is 1. The van der Waals surface area contributed by atoms with Crippen molar-refractivity contribution in [2.75, 3.05) is 20.6 Å². The van der Waals surface area contributed by atoms with E-state index in [0.717, 1.165) is 11.0 Å². The zero-order valence-electron chi connectivity index (χ0n) is 16.8. The molecule has 0 aromatic rings. The van der Waals surface area contributed by atoms with Crippen molar-refractivity contribution < 1.29 is 14.0 Å². The lowest BCUT2D eigenvalue weighted by molar-refractivity contribution is -0.932. The largest absolute Gasteiger partial charge is 0.410 e. The summed E-state index contributed by atoms with van der Waals surface area (Å²) in [6.07, 6.45) is 17.5. The fraction of sp³-hybridized carbons (Fsp3) is 0.857. The molecular formula is C21H42NO2+. The maximum atomic E-state index is 11.3. The molecule has 0 rings (SSSR count). The summed E-state index contributed by atoms with van der Waals surface area (Å²) in [5.74, 6) is -0.330. The van der Waals surface area contributed by atoms with Gasteiger partial charge in [0.2, 0.25) is 6.23 Å². The molecule has 0 bridgehead atoms. The summed E-state index contributed by atoms with van der Waals surface area (Å²) in [7, 11) is 4.25. The molecule has 0 heterocycles. The van der Waals surface area contributed by atoms with E-state index < -0.39 is 0 Å². The zero-order valence-corrected chi connectivity index (χ0v) is 16.8. The number of esters is 1. The highest BCUT2D eigenvalue weighted by atomic mass is 16.6. The minimum absolute atomic E-state index is 0.122. The molecule has 0 aliphatic carbocycles. The summed E-state index contributed by atoms with van der Waals surface area (Å²) < 4.78 is 6.06. The summed E-state index contributed by atoms with van der Waals surface area (Å²) >= 11 is 0. The lowest BCUT2D eigenvalue weighted by Crippen LogP contribution is -2.49. The minimum atomic E-state index is -0.330. The number of ether oxygens (including phenoxy) is 1. The van der Waals surface area contributed by atoms with Gasteiger partial charge in [-0.25, -0.2) is 4.79 Å². The number of rotatable bonds is 16. The number of carbonyl (C=O) groups excluding carboxylic acids is 1. The molecule has 0 aliphatic rings. The topological polar surface area (TPSA) is 26.3 Å². The molecule has 0 saturated carbocycles. The van der Waals surface area contributed by atoms with Gasteiger partial charge in [-0.2, -0.15) is 0 Å². The van der Waals surface area contributed by atoms with Crippen LogP contribution < -0.4 is 0 Å². The molecule has 0 aliphatic heterocycles. The van der Waals surface area contributed by atoms with Crippen molar-refractivity contribution in [3.63, 3.8) is 0 Å². The van der Waals surface area contributed by atoms with Gasteiger partial charge in [-0.15, -0.1) is 0 Å². The van der Waals surface area contributed by atoms with E-state index in [2.05, 4.69) is 27.6 Å². The van der Waals surface area contributed by atoms with Gasteiger partial charge in [0.15, 0.2) is 0 Å². The highest BCUT2D eigenvalue weighted by Gasteiger charge is 2.25. The quantitative estimate of drug-likeness (QED) is 0.116. The van der Waals surface area contributed by atoms with E-state index in [0.29, 0.717) is 0 Å². The number of hydrogen-bond acceptors (Lipinski definition) is 2. The van der Waals surface area contributed by atoms with Crippen LogP contribution in [0.25, 0.3) is 0 Å². The Labute approximate surface area is 151 Å². The van der Waals surface area contributed by atoms with E-state index in [1.807, 2.05) is 6.92 Å². The smallest absolute Gasteiger partial charge is 0.334 e. The molecule has 0 N–H and O–H groups in total. The van der Waals surface area contributed by atoms with Crippen LogP contribution in [0.15, 0.2) is 12.7 Å². The lowest BCUT2D eigenvalue weighted by atomic mass is 10.1. The second-order valence-electron chi connectivity index (χ2n) is 7.63. The molecule has 3 nitrogen and oxygen atoms in total. The molecule has 1 atom stereocenters. The van der Waals surface area contributed by atoms with Gasteiger partial charge in [0, 0.05) is 13.0 Å². The van der Waals surface area contributed by atoms with Crippen molar-refractivity contribution in [2.24, 2.45) is 0 Å². The van der Waals surface area contributed by atoms with Gasteiger partial charge >= 0.3 is 5.97 Å². The van der Waals surface area contributed by atoms with Gasteiger partial charge in [0.25, 0.3) is 0 Å². The van der Waals surface area contributed by atoms with Crippen molar-refractivity contribution in [3.05, 3.63) is 12.7 Å². The first-order valence-electron chi connectivity index (χ1n) is 10.1. The van der Waals surface area contributed by atoms with Crippen LogP contribution in [0.1, 0.15) is 90.9 Å². The highest BCUT2D eigenvalue weighted by Crippen LogP contribution is 2.14. The van der Waals surface area contributed by atoms with Crippen LogP contribution in [0.3, 0.4) is 0 Å². The van der Waals surface area contributed by atoms with Gasteiger partial charge in [-0.05, 0) is 12.8 Å². The third-order valence-electron chi connectivity index (χ3n) is 5.03. The third kappa shape index (κ3) is 12.6. The summed E-state index contributed by atoms with van der Waals surface area (Å²) in [4.78, 5) is 11.3. The van der Waals surface area contributed by atoms with E-state index in [1.54, 1.807) is 0 Å². The maximum absolute atomic E-state index is 11.3. The zero-order chi connectivity index (χ0) is 18.3. The van der Waals surface area contributed by atoms with Gasteiger partial charge in [-0.3, -0.25) is 4.48 Å². The Morgan fingerprint density at radius 3 is 1.75 bits per heavy atom. The van der Waals surface area contributed by atoms with E-state index in [1.165, 1.54) is 83.1 Å². The van der Waals surface area contributed by atoms with Crippen molar-refractivity contribution >= 4 is 5.97 Å². The van der Waals surface area contributed by atoms with Crippen LogP contribution in [0.4, 0.5) is 0 Å². The Balaban J connectivity index is 3.51. The van der Waals surface area contributed by atoms with Crippen LogP contribution in [0.2, 0.25) is 0 Å². The van der Waals surface area contributed by atoms with Gasteiger partial charge in [-0.1, -0.05) is 77.7 Å². The number of nitrogens with zero attached hydrogens (tertiary/aromatic N) is 1. The predicted molar refractivity (Wildman–Crippen MR) is 104 cm³/mol. The summed E-state index contributed by atoms with van der Waals surface area (Å²) in [6, 6.07) is 0. The van der Waals surface area contributed by atoms with Crippen LogP contribution in [-0.2, 0) is 9.53 Å². The molecule has 0 aromatic carbocycles. The molecule has 0 fully saturated rings. The minimum Gasteiger partial charge on any atom is -0.410 e. The van der Waals surface area contributed by atoms with Crippen LogP contribution in [0.5, 0.6) is 0 Å². The van der Waals surface area contributed by atoms with E-state index in [9.17, 15) is 4.79 Å². The molecule has 0 aromatic heterocycles. The monoisotopic (exact) mass is 340 g/mol. The fourth-order valence-electron chi connectivity index (χ4n) is 2.90. The van der Waals surface area contributed by atoms with Gasteiger partial charge < -0.3 is 4.74 Å². The molecule has 0 amide bonds. The Kier molecular flexibility index (Phi) is 14.0. The number of carbonyl (C=O) groups is 1. The standard InChI is InChI=1S/C21H42NO2/c1-6-8-9-10-11-12-13-14-15-16-17-18-19-22(4,5)20(3)24-21(23)7-2/h7,20H,2,6,8-19H2,1,3-5H3/q+1. The number of hydrogen-bond donors (Lipinski definition) is 0. The lowest BCUT2D eigenvalue weighted by Gasteiger charge is -2.34. The third-order valence-corrected chi connectivity index (χ3v) is 5.03.